The minimum Gasteiger partial charge on any atom is -0.396 e. The summed E-state index contributed by atoms with van der Waals surface area (Å²) in [4.78, 5) is 4.38. The van der Waals surface area contributed by atoms with Crippen molar-refractivity contribution >= 4 is 44.0 Å². The van der Waals surface area contributed by atoms with Crippen LogP contribution in [0.1, 0.15) is 22.6 Å². The molecule has 4 rings (SSSR count). The third-order valence-electron chi connectivity index (χ3n) is 6.18. The van der Waals surface area contributed by atoms with Crippen LogP contribution in [0.3, 0.4) is 0 Å². The Morgan fingerprint density at radius 2 is 1.76 bits per heavy atom. The SMILES string of the molecule is Cc1ccccc1C(CO)CN(C[C@H](O)CNCc1ccccc1)S(=O)(=O)c1ccc2ncsc2c1.Cl. The van der Waals surface area contributed by atoms with E-state index in [1.807, 2.05) is 61.5 Å². The first-order chi connectivity index (χ1) is 17.4. The molecule has 0 spiro atoms. The highest BCUT2D eigenvalue weighted by molar-refractivity contribution is 7.89. The second kappa shape index (κ2) is 13.4. The molecule has 1 heterocycles. The molecular formula is C27H32ClN3O4S2. The minimum atomic E-state index is -3.96. The average molecular weight is 562 g/mol. The summed E-state index contributed by atoms with van der Waals surface area (Å²) in [6.45, 7) is 2.45. The molecule has 0 aliphatic heterocycles. The third-order valence-corrected chi connectivity index (χ3v) is 8.80. The van der Waals surface area contributed by atoms with Gasteiger partial charge in [0.05, 0.1) is 33.3 Å². The van der Waals surface area contributed by atoms with Crippen LogP contribution in [-0.2, 0) is 16.6 Å². The number of aliphatic hydroxyl groups is 2. The maximum Gasteiger partial charge on any atom is 0.243 e. The van der Waals surface area contributed by atoms with Gasteiger partial charge in [0.15, 0.2) is 0 Å². The predicted molar refractivity (Wildman–Crippen MR) is 151 cm³/mol. The van der Waals surface area contributed by atoms with Crippen LogP contribution in [0.4, 0.5) is 0 Å². The highest BCUT2D eigenvalue weighted by Crippen LogP contribution is 2.27. The van der Waals surface area contributed by atoms with Crippen molar-refractivity contribution in [1.82, 2.24) is 14.6 Å². The summed E-state index contributed by atoms with van der Waals surface area (Å²) < 4.78 is 29.7. The van der Waals surface area contributed by atoms with Crippen LogP contribution < -0.4 is 5.32 Å². The van der Waals surface area contributed by atoms with Crippen molar-refractivity contribution in [1.29, 1.82) is 0 Å². The van der Waals surface area contributed by atoms with Crippen molar-refractivity contribution in [3.63, 3.8) is 0 Å². The Balaban J connectivity index is 0.00000380. The molecule has 2 atom stereocenters. The Kier molecular flexibility index (Phi) is 10.6. The van der Waals surface area contributed by atoms with Gasteiger partial charge < -0.3 is 15.5 Å². The number of aliphatic hydroxyl groups excluding tert-OH is 2. The second-order valence-corrected chi connectivity index (χ2v) is 11.6. The number of thiazole rings is 1. The number of rotatable bonds is 12. The van der Waals surface area contributed by atoms with E-state index in [1.165, 1.54) is 15.6 Å². The van der Waals surface area contributed by atoms with Gasteiger partial charge in [0.2, 0.25) is 10.0 Å². The first-order valence-corrected chi connectivity index (χ1v) is 14.1. The van der Waals surface area contributed by atoms with Gasteiger partial charge in [-0.15, -0.1) is 23.7 Å². The molecule has 0 amide bonds. The first-order valence-electron chi connectivity index (χ1n) is 11.8. The molecule has 0 saturated heterocycles. The summed E-state index contributed by atoms with van der Waals surface area (Å²) in [5.74, 6) is -0.433. The summed E-state index contributed by atoms with van der Waals surface area (Å²) in [5, 5.41) is 24.2. The fraction of sp³-hybridized carbons (Fsp3) is 0.296. The maximum atomic E-state index is 13.8. The van der Waals surface area contributed by atoms with E-state index in [2.05, 4.69) is 10.3 Å². The van der Waals surface area contributed by atoms with Gasteiger partial charge in [-0.1, -0.05) is 54.6 Å². The lowest BCUT2D eigenvalue weighted by atomic mass is 9.95. The summed E-state index contributed by atoms with van der Waals surface area (Å²) in [6, 6.07) is 22.3. The van der Waals surface area contributed by atoms with E-state index in [0.717, 1.165) is 26.9 Å². The van der Waals surface area contributed by atoms with Gasteiger partial charge in [0, 0.05) is 32.1 Å². The maximum absolute atomic E-state index is 13.8. The van der Waals surface area contributed by atoms with Crippen molar-refractivity contribution in [2.45, 2.75) is 30.4 Å². The number of sulfonamides is 1. The third kappa shape index (κ3) is 7.36. The highest BCUT2D eigenvalue weighted by Gasteiger charge is 2.30. The Hall–Kier alpha value is -2.37. The summed E-state index contributed by atoms with van der Waals surface area (Å²) >= 11 is 1.38. The highest BCUT2D eigenvalue weighted by atomic mass is 35.5. The van der Waals surface area contributed by atoms with E-state index >= 15 is 0 Å². The fourth-order valence-corrected chi connectivity index (χ4v) is 6.58. The molecule has 3 aromatic carbocycles. The van der Waals surface area contributed by atoms with Gasteiger partial charge in [-0.05, 0) is 41.8 Å². The standard InChI is InChI=1S/C27H31N3O4S2.ClH/c1-20-7-5-6-10-25(20)22(18-31)16-30(17-23(32)15-28-14-21-8-3-2-4-9-21)36(33,34)24-11-12-26-27(13-24)35-19-29-26;/h2-13,19,22-23,28,31-32H,14-18H2,1H3;1H/t22?,23-;/m1./s1. The van der Waals surface area contributed by atoms with E-state index in [0.29, 0.717) is 6.54 Å². The molecule has 0 aliphatic rings. The van der Waals surface area contributed by atoms with Crippen LogP contribution in [-0.4, -0.2) is 60.3 Å². The molecule has 0 aliphatic carbocycles. The fourth-order valence-electron chi connectivity index (χ4n) is 4.24. The Morgan fingerprint density at radius 1 is 1.03 bits per heavy atom. The normalized spacial score (nSPS) is 13.4. The van der Waals surface area contributed by atoms with Gasteiger partial charge >= 0.3 is 0 Å². The molecule has 1 aromatic heterocycles. The molecule has 0 radical (unpaired) electrons. The zero-order valence-electron chi connectivity index (χ0n) is 20.5. The van der Waals surface area contributed by atoms with E-state index in [-0.39, 0.29) is 43.5 Å². The van der Waals surface area contributed by atoms with Crippen LogP contribution in [0, 0.1) is 6.92 Å². The quantitative estimate of drug-likeness (QED) is 0.242. The van der Waals surface area contributed by atoms with Gasteiger partial charge in [-0.3, -0.25) is 0 Å². The predicted octanol–water partition coefficient (Wildman–Crippen LogP) is 3.94. The number of fused-ring (bicyclic) bond motifs is 1. The van der Waals surface area contributed by atoms with Crippen molar-refractivity contribution in [3.05, 3.63) is 95.0 Å². The molecular weight excluding hydrogens is 530 g/mol. The van der Waals surface area contributed by atoms with Crippen molar-refractivity contribution in [2.75, 3.05) is 26.2 Å². The molecule has 4 aromatic rings. The monoisotopic (exact) mass is 561 g/mol. The van der Waals surface area contributed by atoms with Crippen molar-refractivity contribution in [2.24, 2.45) is 0 Å². The van der Waals surface area contributed by atoms with E-state index in [9.17, 15) is 18.6 Å². The summed E-state index contributed by atoms with van der Waals surface area (Å²) in [6.07, 6.45) is -0.938. The van der Waals surface area contributed by atoms with Crippen molar-refractivity contribution < 1.29 is 18.6 Å². The van der Waals surface area contributed by atoms with Crippen LogP contribution >= 0.6 is 23.7 Å². The number of halogens is 1. The van der Waals surface area contributed by atoms with Gasteiger partial charge in [0.25, 0.3) is 0 Å². The van der Waals surface area contributed by atoms with E-state index in [1.54, 1.807) is 23.7 Å². The van der Waals surface area contributed by atoms with Crippen LogP contribution in [0.15, 0.2) is 83.2 Å². The Labute approximate surface area is 228 Å². The number of hydrogen-bond donors (Lipinski definition) is 3. The lowest BCUT2D eigenvalue weighted by molar-refractivity contribution is 0.136. The van der Waals surface area contributed by atoms with Crippen LogP contribution in [0.5, 0.6) is 0 Å². The van der Waals surface area contributed by atoms with Gasteiger partial charge in [0.1, 0.15) is 0 Å². The smallest absolute Gasteiger partial charge is 0.243 e. The second-order valence-electron chi connectivity index (χ2n) is 8.81. The van der Waals surface area contributed by atoms with E-state index < -0.39 is 22.0 Å². The topological polar surface area (TPSA) is 103 Å². The minimum absolute atomic E-state index is 0. The molecule has 37 heavy (non-hydrogen) atoms. The lowest BCUT2D eigenvalue weighted by Crippen LogP contribution is -2.43. The molecule has 198 valence electrons. The number of aryl methyl sites for hydroxylation is 1. The molecule has 10 heteroatoms. The molecule has 3 N–H and O–H groups in total. The number of nitrogens with zero attached hydrogens (tertiary/aromatic N) is 2. The summed E-state index contributed by atoms with van der Waals surface area (Å²) in [5.41, 5.74) is 5.36. The number of benzene rings is 3. The Morgan fingerprint density at radius 3 is 2.49 bits per heavy atom. The lowest BCUT2D eigenvalue weighted by Gasteiger charge is -2.29. The van der Waals surface area contributed by atoms with Crippen LogP contribution in [0.25, 0.3) is 10.2 Å². The number of nitrogens with one attached hydrogen (secondary N) is 1. The average Bonchev–Trinajstić information content (AvgIpc) is 3.36. The van der Waals surface area contributed by atoms with E-state index in [4.69, 9.17) is 0 Å². The van der Waals surface area contributed by atoms with Gasteiger partial charge in [-0.2, -0.15) is 4.31 Å². The Bertz CT molecular complexity index is 1380. The zero-order chi connectivity index (χ0) is 25.5. The number of hydrogen-bond acceptors (Lipinski definition) is 7. The first kappa shape index (κ1) is 29.2. The molecule has 7 nitrogen and oxygen atoms in total. The zero-order valence-corrected chi connectivity index (χ0v) is 23.0. The van der Waals surface area contributed by atoms with Crippen LogP contribution in [0.2, 0.25) is 0 Å². The molecule has 0 fully saturated rings. The number of aromatic nitrogens is 1. The molecule has 0 bridgehead atoms. The summed E-state index contributed by atoms with van der Waals surface area (Å²) in [7, 11) is -3.96. The molecule has 0 saturated carbocycles. The van der Waals surface area contributed by atoms with Crippen molar-refractivity contribution in [3.8, 4) is 0 Å². The van der Waals surface area contributed by atoms with Gasteiger partial charge in [-0.25, -0.2) is 13.4 Å². The largest absolute Gasteiger partial charge is 0.396 e. The molecule has 1 unspecified atom stereocenters.